The first-order chi connectivity index (χ1) is 13.6. The summed E-state index contributed by atoms with van der Waals surface area (Å²) in [5, 5.41) is 5.52. The van der Waals surface area contributed by atoms with Crippen LogP contribution >= 0.6 is 0 Å². The molecule has 8 heteroatoms. The molecule has 0 heterocycles. The summed E-state index contributed by atoms with van der Waals surface area (Å²) in [4.78, 5) is 22.2. The third kappa shape index (κ3) is 22.8. The van der Waals surface area contributed by atoms with Crippen molar-refractivity contribution in [2.45, 2.75) is 47.5 Å². The Morgan fingerprint density at radius 2 is 1.25 bits per heavy atom. The van der Waals surface area contributed by atoms with E-state index in [2.05, 4.69) is 24.5 Å². The molecule has 0 saturated heterocycles. The molecule has 0 atom stereocenters. The highest BCUT2D eigenvalue weighted by molar-refractivity contribution is 5.77. The van der Waals surface area contributed by atoms with Crippen LogP contribution in [0.4, 0.5) is 0 Å². The lowest BCUT2D eigenvalue weighted by atomic mass is 10.0. The first-order valence-corrected chi connectivity index (χ1v) is 10.4. The molecule has 0 aromatic rings. The molecule has 0 fully saturated rings. The first kappa shape index (κ1) is 29.0. The van der Waals surface area contributed by atoms with Gasteiger partial charge in [-0.3, -0.25) is 9.59 Å². The smallest absolute Gasteiger partial charge is 0.246 e. The second-order valence-electron chi connectivity index (χ2n) is 5.86. The molecular formula is C20H46N2O6. The van der Waals surface area contributed by atoms with Gasteiger partial charge in [-0.15, -0.1) is 0 Å². The third-order valence-corrected chi connectivity index (χ3v) is 3.71. The van der Waals surface area contributed by atoms with Gasteiger partial charge in [0.25, 0.3) is 0 Å². The zero-order valence-corrected chi connectivity index (χ0v) is 18.5. The summed E-state index contributed by atoms with van der Waals surface area (Å²) >= 11 is 0. The van der Waals surface area contributed by atoms with Crippen molar-refractivity contribution >= 4 is 11.8 Å². The Kier molecular flexibility index (Phi) is 24.7. The highest BCUT2D eigenvalue weighted by Gasteiger charge is 2.06. The summed E-state index contributed by atoms with van der Waals surface area (Å²) in [5.41, 5.74) is 0. The first-order valence-electron chi connectivity index (χ1n) is 10.4. The molecule has 0 aromatic heterocycles. The van der Waals surface area contributed by atoms with E-state index >= 15 is 0 Å². The van der Waals surface area contributed by atoms with Crippen molar-refractivity contribution in [1.82, 2.24) is 10.6 Å². The van der Waals surface area contributed by atoms with Gasteiger partial charge in [-0.2, -0.15) is 0 Å². The molecule has 2 N–H and O–H groups in total. The fourth-order valence-corrected chi connectivity index (χ4v) is 2.01. The number of ether oxygens (including phenoxy) is 4. The largest absolute Gasteiger partial charge is 0.377 e. The van der Waals surface area contributed by atoms with E-state index in [0.29, 0.717) is 65.3 Å². The van der Waals surface area contributed by atoms with Crippen molar-refractivity contribution in [2.75, 3.05) is 65.9 Å². The number of carbonyl (C=O) groups is 2. The molecule has 0 saturated carbocycles. The van der Waals surface area contributed by atoms with Crippen molar-refractivity contribution in [3.63, 3.8) is 0 Å². The SMILES string of the molecule is CC.CCC(CC)CNC(=O)COCCOCCOCCOCCNC(C)=O.[HH].[HH]. The van der Waals surface area contributed by atoms with Gasteiger partial charge in [-0.1, -0.05) is 40.5 Å². The Balaban J connectivity index is -0.000000817. The molecular weight excluding hydrogens is 364 g/mol. The fourth-order valence-electron chi connectivity index (χ4n) is 2.01. The van der Waals surface area contributed by atoms with Crippen LogP contribution in [0.2, 0.25) is 0 Å². The molecule has 2 amide bonds. The molecule has 0 aliphatic carbocycles. The molecule has 28 heavy (non-hydrogen) atoms. The van der Waals surface area contributed by atoms with E-state index in [9.17, 15) is 9.59 Å². The zero-order chi connectivity index (χ0) is 21.5. The predicted octanol–water partition coefficient (Wildman–Crippen LogP) is 2.26. The molecule has 0 aliphatic heterocycles. The van der Waals surface area contributed by atoms with E-state index in [1.54, 1.807) is 0 Å². The molecule has 0 aromatic carbocycles. The lowest BCUT2D eigenvalue weighted by Gasteiger charge is -2.13. The Hall–Kier alpha value is -1.22. The Bertz CT molecular complexity index is 362. The van der Waals surface area contributed by atoms with Crippen LogP contribution in [0.1, 0.15) is 50.3 Å². The fraction of sp³-hybridized carbons (Fsp3) is 0.900. The average Bonchev–Trinajstić information content (AvgIpc) is 2.70. The quantitative estimate of drug-likeness (QED) is 0.337. The van der Waals surface area contributed by atoms with Gasteiger partial charge >= 0.3 is 0 Å². The minimum atomic E-state index is -0.0845. The number of rotatable bonds is 18. The van der Waals surface area contributed by atoms with E-state index < -0.39 is 0 Å². The topological polar surface area (TPSA) is 95.1 Å². The lowest BCUT2D eigenvalue weighted by molar-refractivity contribution is -0.126. The number of hydrogen-bond acceptors (Lipinski definition) is 6. The van der Waals surface area contributed by atoms with E-state index in [-0.39, 0.29) is 21.3 Å². The minimum absolute atomic E-state index is 0. The standard InChI is InChI=1S/C18H36N2O6.C2H6.2H2/c1-4-17(5-2)14-20-18(22)15-26-13-12-25-11-10-24-9-8-23-7-6-19-16(3)21;1-2;;/h17H,4-15H2,1-3H3,(H,19,21)(H,20,22);1-2H3;2*1H. The van der Waals surface area contributed by atoms with Crippen molar-refractivity contribution in [1.29, 1.82) is 0 Å². The molecule has 8 nitrogen and oxygen atoms in total. The molecule has 0 rings (SSSR count). The Labute approximate surface area is 174 Å². The number of carbonyl (C=O) groups excluding carboxylic acids is 2. The van der Waals surface area contributed by atoms with Crippen LogP contribution in [0.5, 0.6) is 0 Å². The van der Waals surface area contributed by atoms with Crippen LogP contribution < -0.4 is 10.6 Å². The predicted molar refractivity (Wildman–Crippen MR) is 115 cm³/mol. The van der Waals surface area contributed by atoms with Gasteiger partial charge in [0.2, 0.25) is 11.8 Å². The highest BCUT2D eigenvalue weighted by atomic mass is 16.6. The normalized spacial score (nSPS) is 10.4. The molecule has 172 valence electrons. The number of nitrogens with one attached hydrogen (secondary N) is 2. The van der Waals surface area contributed by atoms with Gasteiger partial charge in [0.05, 0.1) is 46.2 Å². The summed E-state index contributed by atoms with van der Waals surface area (Å²) < 4.78 is 21.2. The number of amides is 2. The molecule has 0 bridgehead atoms. The van der Waals surface area contributed by atoms with Gasteiger partial charge in [0.1, 0.15) is 6.61 Å². The van der Waals surface area contributed by atoms with E-state index in [1.807, 2.05) is 13.8 Å². The summed E-state index contributed by atoms with van der Waals surface area (Å²) in [7, 11) is 0. The Morgan fingerprint density at radius 1 is 0.786 bits per heavy atom. The lowest BCUT2D eigenvalue weighted by Crippen LogP contribution is -2.32. The maximum absolute atomic E-state index is 11.6. The van der Waals surface area contributed by atoms with Crippen molar-refractivity contribution in [2.24, 2.45) is 5.92 Å². The van der Waals surface area contributed by atoms with E-state index in [0.717, 1.165) is 12.8 Å². The molecule has 0 radical (unpaired) electrons. The maximum atomic E-state index is 11.6. The van der Waals surface area contributed by atoms with E-state index in [4.69, 9.17) is 18.9 Å². The van der Waals surface area contributed by atoms with Crippen LogP contribution in [-0.2, 0) is 28.5 Å². The van der Waals surface area contributed by atoms with Gasteiger partial charge in [-0.05, 0) is 5.92 Å². The number of hydrogen-bond donors (Lipinski definition) is 2. The summed E-state index contributed by atoms with van der Waals surface area (Å²) in [6.07, 6.45) is 2.13. The summed E-state index contributed by atoms with van der Waals surface area (Å²) in [6, 6.07) is 0. The van der Waals surface area contributed by atoms with Crippen LogP contribution in [0, 0.1) is 5.92 Å². The summed E-state index contributed by atoms with van der Waals surface area (Å²) in [5.74, 6) is 0.386. The van der Waals surface area contributed by atoms with Crippen molar-refractivity contribution < 1.29 is 31.4 Å². The van der Waals surface area contributed by atoms with Crippen LogP contribution in [0.3, 0.4) is 0 Å². The summed E-state index contributed by atoms with van der Waals surface area (Å²) in [6.45, 7) is 14.2. The molecule has 0 aliphatic rings. The van der Waals surface area contributed by atoms with Crippen molar-refractivity contribution in [3.8, 4) is 0 Å². The van der Waals surface area contributed by atoms with Gasteiger partial charge in [-0.25, -0.2) is 0 Å². The van der Waals surface area contributed by atoms with Gasteiger partial charge in [0, 0.05) is 22.9 Å². The van der Waals surface area contributed by atoms with Gasteiger partial charge < -0.3 is 29.6 Å². The van der Waals surface area contributed by atoms with Crippen LogP contribution in [-0.4, -0.2) is 77.8 Å². The maximum Gasteiger partial charge on any atom is 0.246 e. The van der Waals surface area contributed by atoms with Crippen LogP contribution in [0.25, 0.3) is 0 Å². The second kappa shape index (κ2) is 23.8. The third-order valence-electron chi connectivity index (χ3n) is 3.71. The van der Waals surface area contributed by atoms with Crippen LogP contribution in [0.15, 0.2) is 0 Å². The average molecular weight is 411 g/mol. The molecule has 0 spiro atoms. The van der Waals surface area contributed by atoms with E-state index in [1.165, 1.54) is 6.92 Å². The zero-order valence-electron chi connectivity index (χ0n) is 18.5. The monoisotopic (exact) mass is 410 g/mol. The molecule has 0 unspecified atom stereocenters. The van der Waals surface area contributed by atoms with Crippen molar-refractivity contribution in [3.05, 3.63) is 0 Å². The van der Waals surface area contributed by atoms with Gasteiger partial charge in [0.15, 0.2) is 0 Å². The highest BCUT2D eigenvalue weighted by Crippen LogP contribution is 2.04. The Morgan fingerprint density at radius 3 is 1.71 bits per heavy atom. The minimum Gasteiger partial charge on any atom is -0.377 e. The second-order valence-corrected chi connectivity index (χ2v) is 5.86.